The molecule has 4 aromatic rings. The van der Waals surface area contributed by atoms with E-state index in [0.717, 1.165) is 22.9 Å². The number of unbranched alkanes of at least 4 members (excludes halogenated alkanes) is 1. The Morgan fingerprint density at radius 1 is 0.733 bits per heavy atom. The molecule has 0 radical (unpaired) electrons. The van der Waals surface area contributed by atoms with Gasteiger partial charge >= 0.3 is 0 Å². The lowest BCUT2D eigenvalue weighted by molar-refractivity contribution is 0.631. The Labute approximate surface area is 178 Å². The van der Waals surface area contributed by atoms with E-state index in [4.69, 9.17) is 0 Å². The van der Waals surface area contributed by atoms with Crippen molar-refractivity contribution in [3.63, 3.8) is 0 Å². The number of halogens is 1. The van der Waals surface area contributed by atoms with Crippen LogP contribution in [0.3, 0.4) is 0 Å². The lowest BCUT2D eigenvalue weighted by Crippen LogP contribution is -1.86. The monoisotopic (exact) mass is 392 g/mol. The zero-order valence-electron chi connectivity index (χ0n) is 17.5. The first-order chi connectivity index (χ1) is 14.6. The van der Waals surface area contributed by atoms with Gasteiger partial charge in [-0.15, -0.1) is 0 Å². The summed E-state index contributed by atoms with van der Waals surface area (Å²) in [5.41, 5.74) is 6.33. The van der Waals surface area contributed by atoms with Gasteiger partial charge in [0, 0.05) is 16.5 Å². The summed E-state index contributed by atoms with van der Waals surface area (Å²) in [5.74, 6) is 6.27. The molecule has 0 nitrogen and oxygen atoms in total. The lowest BCUT2D eigenvalue weighted by atomic mass is 10.0. The van der Waals surface area contributed by atoms with Gasteiger partial charge in [-0.05, 0) is 71.7 Å². The van der Waals surface area contributed by atoms with Gasteiger partial charge in [0.15, 0.2) is 0 Å². The molecular weight excluding hydrogens is 367 g/mol. The first-order valence-electron chi connectivity index (χ1n) is 10.5. The molecule has 0 amide bonds. The van der Waals surface area contributed by atoms with Crippen molar-refractivity contribution in [1.82, 2.24) is 0 Å². The molecule has 0 fully saturated rings. The van der Waals surface area contributed by atoms with Crippen molar-refractivity contribution in [2.24, 2.45) is 0 Å². The molecule has 0 unspecified atom stereocenters. The fraction of sp³-hybridized carbons (Fsp3) is 0.172. The Hall–Kier alpha value is -3.37. The Kier molecular flexibility index (Phi) is 5.96. The molecule has 0 saturated carbocycles. The number of aryl methyl sites for hydroxylation is 2. The highest BCUT2D eigenvalue weighted by atomic mass is 19.1. The van der Waals surface area contributed by atoms with E-state index in [1.54, 1.807) is 6.92 Å². The van der Waals surface area contributed by atoms with Gasteiger partial charge in [0.2, 0.25) is 0 Å². The van der Waals surface area contributed by atoms with E-state index in [9.17, 15) is 4.39 Å². The van der Waals surface area contributed by atoms with E-state index in [1.807, 2.05) is 30.3 Å². The van der Waals surface area contributed by atoms with Gasteiger partial charge in [0.25, 0.3) is 0 Å². The van der Waals surface area contributed by atoms with Crippen LogP contribution in [0, 0.1) is 24.6 Å². The minimum Gasteiger partial charge on any atom is -0.206 e. The first kappa shape index (κ1) is 19.9. The highest BCUT2D eigenvalue weighted by molar-refractivity contribution is 5.85. The molecule has 0 N–H and O–H groups in total. The average molecular weight is 393 g/mol. The van der Waals surface area contributed by atoms with Crippen LogP contribution in [0.25, 0.3) is 21.9 Å². The van der Waals surface area contributed by atoms with Crippen molar-refractivity contribution in [1.29, 1.82) is 0 Å². The highest BCUT2D eigenvalue weighted by Crippen LogP contribution is 2.23. The molecule has 0 aliphatic heterocycles. The number of rotatable bonds is 4. The van der Waals surface area contributed by atoms with E-state index in [-0.39, 0.29) is 5.82 Å². The van der Waals surface area contributed by atoms with E-state index in [1.165, 1.54) is 29.5 Å². The van der Waals surface area contributed by atoms with Crippen LogP contribution in [-0.2, 0) is 6.42 Å². The maximum Gasteiger partial charge on any atom is 0.133 e. The average Bonchev–Trinajstić information content (AvgIpc) is 2.79. The molecule has 30 heavy (non-hydrogen) atoms. The second-order valence-electron chi connectivity index (χ2n) is 7.76. The van der Waals surface area contributed by atoms with E-state index in [0.29, 0.717) is 10.9 Å². The Bertz CT molecular complexity index is 1220. The van der Waals surface area contributed by atoms with Gasteiger partial charge in [-0.25, -0.2) is 4.39 Å². The minimum absolute atomic E-state index is 0.152. The summed E-state index contributed by atoms with van der Waals surface area (Å²) in [6, 6.07) is 26.6. The maximum absolute atomic E-state index is 14.2. The topological polar surface area (TPSA) is 0 Å². The largest absolute Gasteiger partial charge is 0.206 e. The molecule has 0 atom stereocenters. The van der Waals surface area contributed by atoms with Crippen molar-refractivity contribution in [2.75, 3.05) is 0 Å². The standard InChI is InChI=1S/C29H25F/c1-3-4-5-22-9-15-25(16-10-22)26-17-11-23(12-18-26)7-8-24-13-19-28-27(20-24)14-6-21(2)29(28)30/h6,9-20H,3-5H2,1-2H3. The third-order valence-electron chi connectivity index (χ3n) is 5.49. The summed E-state index contributed by atoms with van der Waals surface area (Å²) in [6.07, 6.45) is 3.60. The summed E-state index contributed by atoms with van der Waals surface area (Å²) in [5, 5.41) is 1.52. The van der Waals surface area contributed by atoms with Gasteiger partial charge in [0.05, 0.1) is 0 Å². The zero-order valence-corrected chi connectivity index (χ0v) is 17.5. The van der Waals surface area contributed by atoms with Gasteiger partial charge in [-0.1, -0.05) is 79.8 Å². The molecule has 0 aliphatic rings. The number of hydrogen-bond donors (Lipinski definition) is 0. The first-order valence-corrected chi connectivity index (χ1v) is 10.5. The highest BCUT2D eigenvalue weighted by Gasteiger charge is 2.04. The maximum atomic E-state index is 14.2. The fourth-order valence-corrected chi connectivity index (χ4v) is 3.61. The van der Waals surface area contributed by atoms with Crippen LogP contribution in [0.5, 0.6) is 0 Å². The molecule has 0 bridgehead atoms. The van der Waals surface area contributed by atoms with E-state index >= 15 is 0 Å². The Morgan fingerprint density at radius 2 is 1.37 bits per heavy atom. The molecule has 4 rings (SSSR count). The third-order valence-corrected chi connectivity index (χ3v) is 5.49. The van der Waals surface area contributed by atoms with Crippen molar-refractivity contribution in [3.05, 3.63) is 107 Å². The molecule has 0 spiro atoms. The summed E-state index contributed by atoms with van der Waals surface area (Å²) in [7, 11) is 0. The van der Waals surface area contributed by atoms with Crippen LogP contribution in [-0.4, -0.2) is 0 Å². The van der Waals surface area contributed by atoms with Gasteiger partial charge < -0.3 is 0 Å². The number of hydrogen-bond acceptors (Lipinski definition) is 0. The predicted octanol–water partition coefficient (Wildman–Crippen LogP) is 7.70. The zero-order chi connectivity index (χ0) is 20.9. The van der Waals surface area contributed by atoms with Gasteiger partial charge in [0.1, 0.15) is 5.82 Å². The van der Waals surface area contributed by atoms with Crippen LogP contribution < -0.4 is 0 Å². The summed E-state index contributed by atoms with van der Waals surface area (Å²) in [6.45, 7) is 4.01. The molecule has 4 aromatic carbocycles. The minimum atomic E-state index is -0.152. The molecule has 0 heterocycles. The van der Waals surface area contributed by atoms with Crippen LogP contribution in [0.4, 0.5) is 4.39 Å². The molecule has 148 valence electrons. The number of benzene rings is 4. The van der Waals surface area contributed by atoms with Crippen LogP contribution in [0.2, 0.25) is 0 Å². The van der Waals surface area contributed by atoms with Crippen molar-refractivity contribution in [3.8, 4) is 23.0 Å². The van der Waals surface area contributed by atoms with Gasteiger partial charge in [-0.3, -0.25) is 0 Å². The normalized spacial score (nSPS) is 10.6. The second kappa shape index (κ2) is 8.97. The third kappa shape index (κ3) is 4.44. The summed E-state index contributed by atoms with van der Waals surface area (Å²) >= 11 is 0. The molecular formula is C29H25F. The molecule has 0 aliphatic carbocycles. The molecule has 0 saturated heterocycles. The van der Waals surface area contributed by atoms with Crippen molar-refractivity contribution < 1.29 is 4.39 Å². The molecule has 1 heteroatoms. The SMILES string of the molecule is CCCCc1ccc(-c2ccc(C#Cc3ccc4c(F)c(C)ccc4c3)cc2)cc1. The second-order valence-corrected chi connectivity index (χ2v) is 7.76. The smallest absolute Gasteiger partial charge is 0.133 e. The van der Waals surface area contributed by atoms with Crippen molar-refractivity contribution >= 4 is 10.8 Å². The van der Waals surface area contributed by atoms with Gasteiger partial charge in [-0.2, -0.15) is 0 Å². The van der Waals surface area contributed by atoms with E-state index in [2.05, 4.69) is 67.3 Å². The summed E-state index contributed by atoms with van der Waals surface area (Å²) in [4.78, 5) is 0. The lowest BCUT2D eigenvalue weighted by Gasteiger charge is -2.05. The van der Waals surface area contributed by atoms with Crippen LogP contribution >= 0.6 is 0 Å². The van der Waals surface area contributed by atoms with Crippen LogP contribution in [0.1, 0.15) is 42.0 Å². The van der Waals surface area contributed by atoms with E-state index < -0.39 is 0 Å². The Morgan fingerprint density at radius 3 is 2.07 bits per heavy atom. The number of fused-ring (bicyclic) bond motifs is 1. The van der Waals surface area contributed by atoms with Crippen molar-refractivity contribution in [2.45, 2.75) is 33.1 Å². The Balaban J connectivity index is 1.51. The summed E-state index contributed by atoms with van der Waals surface area (Å²) < 4.78 is 14.2. The van der Waals surface area contributed by atoms with Crippen LogP contribution in [0.15, 0.2) is 78.9 Å². The quantitative estimate of drug-likeness (QED) is 0.312. The predicted molar refractivity (Wildman–Crippen MR) is 125 cm³/mol. The molecule has 0 aromatic heterocycles. The fourth-order valence-electron chi connectivity index (χ4n) is 3.61.